The maximum Gasteiger partial charge on any atom is 0.409 e. The van der Waals surface area contributed by atoms with Crippen LogP contribution < -0.4 is 10.6 Å². The second kappa shape index (κ2) is 10.0. The molecular weight excluding hydrogens is 382 g/mol. The molecule has 1 aromatic carbocycles. The summed E-state index contributed by atoms with van der Waals surface area (Å²) in [7, 11) is 0. The van der Waals surface area contributed by atoms with Gasteiger partial charge in [0.05, 0.1) is 12.3 Å². The monoisotopic (exact) mass is 411 g/mol. The number of nitrogens with one attached hydrogen (secondary N) is 2. The van der Waals surface area contributed by atoms with Crippen LogP contribution in [0.4, 0.5) is 16.4 Å². The Kier molecular flexibility index (Phi) is 7.21. The van der Waals surface area contributed by atoms with Gasteiger partial charge in [-0.05, 0) is 37.0 Å². The fraction of sp³-hybridized carbons (Fsp3) is 0.455. The molecule has 0 radical (unpaired) electrons. The molecule has 3 rings (SSSR count). The zero-order valence-electron chi connectivity index (χ0n) is 17.7. The van der Waals surface area contributed by atoms with Crippen molar-refractivity contribution in [1.29, 1.82) is 0 Å². The number of carbonyl (C=O) groups is 2. The fourth-order valence-corrected chi connectivity index (χ4v) is 3.23. The van der Waals surface area contributed by atoms with Gasteiger partial charge in [0, 0.05) is 43.5 Å². The molecule has 30 heavy (non-hydrogen) atoms. The van der Waals surface area contributed by atoms with Crippen molar-refractivity contribution >= 4 is 23.6 Å². The third-order valence-corrected chi connectivity index (χ3v) is 4.78. The lowest BCUT2D eigenvalue weighted by molar-refractivity contribution is -0.114. The topological polar surface area (TPSA) is 96.5 Å². The van der Waals surface area contributed by atoms with Gasteiger partial charge in [-0.15, -0.1) is 0 Å². The van der Waals surface area contributed by atoms with Crippen LogP contribution in [-0.2, 0) is 9.53 Å². The molecule has 2 aromatic rings. The number of piperidine rings is 1. The normalized spacial score (nSPS) is 14.5. The molecule has 2 heterocycles. The molecule has 1 aromatic heterocycles. The quantitative estimate of drug-likeness (QED) is 0.751. The van der Waals surface area contributed by atoms with Gasteiger partial charge in [0.1, 0.15) is 0 Å². The number of hydrogen-bond donors (Lipinski definition) is 2. The molecular formula is C22H29N5O3. The van der Waals surface area contributed by atoms with Crippen LogP contribution >= 0.6 is 0 Å². The Labute approximate surface area is 177 Å². The van der Waals surface area contributed by atoms with Crippen molar-refractivity contribution in [3.8, 4) is 11.3 Å². The van der Waals surface area contributed by atoms with Crippen molar-refractivity contribution in [3.63, 3.8) is 0 Å². The first kappa shape index (κ1) is 21.5. The first-order chi connectivity index (χ1) is 14.4. The second-order valence-electron chi connectivity index (χ2n) is 7.90. The van der Waals surface area contributed by atoms with Gasteiger partial charge in [-0.3, -0.25) is 4.79 Å². The first-order valence-corrected chi connectivity index (χ1v) is 10.3. The Balaban J connectivity index is 1.55. The van der Waals surface area contributed by atoms with E-state index in [4.69, 9.17) is 4.74 Å². The molecule has 0 bridgehead atoms. The third kappa shape index (κ3) is 6.17. The van der Waals surface area contributed by atoms with E-state index in [0.29, 0.717) is 31.6 Å². The van der Waals surface area contributed by atoms with Gasteiger partial charge in [-0.2, -0.15) is 0 Å². The number of nitrogens with zero attached hydrogens (tertiary/aromatic N) is 3. The van der Waals surface area contributed by atoms with Crippen LogP contribution in [0.2, 0.25) is 0 Å². The Morgan fingerprint density at radius 2 is 1.87 bits per heavy atom. The zero-order chi connectivity index (χ0) is 21.5. The molecule has 0 aliphatic carbocycles. The molecule has 1 aliphatic rings. The number of rotatable bonds is 6. The maximum absolute atomic E-state index is 12.1. The Hall–Kier alpha value is -3.16. The summed E-state index contributed by atoms with van der Waals surface area (Å²) in [6, 6.07) is 9.58. The fourth-order valence-electron chi connectivity index (χ4n) is 3.23. The standard InChI is InChI=1S/C22H29N5O3/c1-15(2)14-30-22(29)27-12-9-19(10-13-27)25-21-23-11-8-20(26-21)17-4-6-18(7-5-17)24-16(3)28/h4-8,11,15,19H,9-10,12-14H2,1-3H3,(H,24,28)(H,23,25,26). The summed E-state index contributed by atoms with van der Waals surface area (Å²) in [5.41, 5.74) is 2.49. The molecule has 0 spiro atoms. The van der Waals surface area contributed by atoms with Gasteiger partial charge in [-0.25, -0.2) is 14.8 Å². The van der Waals surface area contributed by atoms with Gasteiger partial charge < -0.3 is 20.3 Å². The number of benzene rings is 1. The molecule has 0 unspecified atom stereocenters. The Bertz CT molecular complexity index is 861. The van der Waals surface area contributed by atoms with Gasteiger partial charge in [0.2, 0.25) is 11.9 Å². The van der Waals surface area contributed by atoms with E-state index in [0.717, 1.165) is 29.8 Å². The Morgan fingerprint density at radius 1 is 1.17 bits per heavy atom. The van der Waals surface area contributed by atoms with Crippen LogP contribution in [0, 0.1) is 5.92 Å². The lowest BCUT2D eigenvalue weighted by Crippen LogP contribution is -2.43. The summed E-state index contributed by atoms with van der Waals surface area (Å²) in [4.78, 5) is 33.9. The smallest absolute Gasteiger partial charge is 0.409 e. The summed E-state index contributed by atoms with van der Waals surface area (Å²) in [6.07, 6.45) is 3.12. The predicted molar refractivity (Wildman–Crippen MR) is 116 cm³/mol. The van der Waals surface area contributed by atoms with Crippen molar-refractivity contribution in [2.45, 2.75) is 39.7 Å². The van der Waals surface area contributed by atoms with Crippen molar-refractivity contribution in [2.75, 3.05) is 30.3 Å². The molecule has 0 atom stereocenters. The molecule has 1 fully saturated rings. The van der Waals surface area contributed by atoms with Crippen LogP contribution in [0.25, 0.3) is 11.3 Å². The molecule has 2 amide bonds. The van der Waals surface area contributed by atoms with Crippen LogP contribution in [-0.4, -0.2) is 52.6 Å². The van der Waals surface area contributed by atoms with Crippen molar-refractivity contribution < 1.29 is 14.3 Å². The largest absolute Gasteiger partial charge is 0.449 e. The van der Waals surface area contributed by atoms with Crippen LogP contribution in [0.5, 0.6) is 0 Å². The summed E-state index contributed by atoms with van der Waals surface area (Å²) in [5, 5.41) is 6.13. The number of ether oxygens (including phenoxy) is 1. The number of likely N-dealkylation sites (tertiary alicyclic amines) is 1. The van der Waals surface area contributed by atoms with Crippen LogP contribution in [0.3, 0.4) is 0 Å². The van der Waals surface area contributed by atoms with E-state index in [2.05, 4.69) is 20.6 Å². The van der Waals surface area contributed by atoms with E-state index in [1.807, 2.05) is 44.2 Å². The number of amides is 2. The minimum Gasteiger partial charge on any atom is -0.449 e. The Morgan fingerprint density at radius 3 is 2.50 bits per heavy atom. The van der Waals surface area contributed by atoms with Crippen LogP contribution in [0.15, 0.2) is 36.5 Å². The minimum absolute atomic E-state index is 0.101. The molecule has 1 saturated heterocycles. The van der Waals surface area contributed by atoms with Gasteiger partial charge in [0.15, 0.2) is 0 Å². The number of aromatic nitrogens is 2. The summed E-state index contributed by atoms with van der Waals surface area (Å²) < 4.78 is 5.31. The van der Waals surface area contributed by atoms with Gasteiger partial charge in [0.25, 0.3) is 0 Å². The highest BCUT2D eigenvalue weighted by molar-refractivity contribution is 5.88. The molecule has 0 saturated carbocycles. The number of carbonyl (C=O) groups excluding carboxylic acids is 2. The SMILES string of the molecule is CC(=O)Nc1ccc(-c2ccnc(NC3CCN(C(=O)OCC(C)C)CC3)n2)cc1. The number of anilines is 2. The van der Waals surface area contributed by atoms with Crippen molar-refractivity contribution in [3.05, 3.63) is 36.5 Å². The molecule has 2 N–H and O–H groups in total. The second-order valence-corrected chi connectivity index (χ2v) is 7.90. The minimum atomic E-state index is -0.233. The van der Waals surface area contributed by atoms with Crippen LogP contribution in [0.1, 0.15) is 33.6 Å². The van der Waals surface area contributed by atoms with E-state index in [1.54, 1.807) is 11.1 Å². The summed E-state index contributed by atoms with van der Waals surface area (Å²) >= 11 is 0. The maximum atomic E-state index is 12.1. The van der Waals surface area contributed by atoms with E-state index >= 15 is 0 Å². The third-order valence-electron chi connectivity index (χ3n) is 4.78. The summed E-state index contributed by atoms with van der Waals surface area (Å²) in [6.45, 7) is 7.28. The van der Waals surface area contributed by atoms with Crippen molar-refractivity contribution in [1.82, 2.24) is 14.9 Å². The van der Waals surface area contributed by atoms with E-state index in [-0.39, 0.29) is 18.0 Å². The average Bonchev–Trinajstić information content (AvgIpc) is 2.73. The molecule has 1 aliphatic heterocycles. The lowest BCUT2D eigenvalue weighted by atomic mass is 10.1. The van der Waals surface area contributed by atoms with Gasteiger partial charge in [-0.1, -0.05) is 26.0 Å². The highest BCUT2D eigenvalue weighted by atomic mass is 16.6. The molecule has 8 nitrogen and oxygen atoms in total. The first-order valence-electron chi connectivity index (χ1n) is 10.3. The lowest BCUT2D eigenvalue weighted by Gasteiger charge is -2.31. The molecule has 160 valence electrons. The summed E-state index contributed by atoms with van der Waals surface area (Å²) in [5.74, 6) is 0.800. The van der Waals surface area contributed by atoms with Gasteiger partial charge >= 0.3 is 6.09 Å². The average molecular weight is 412 g/mol. The highest BCUT2D eigenvalue weighted by Crippen LogP contribution is 2.21. The van der Waals surface area contributed by atoms with E-state index in [1.165, 1.54) is 6.92 Å². The van der Waals surface area contributed by atoms with E-state index in [9.17, 15) is 9.59 Å². The molecule has 8 heteroatoms. The number of hydrogen-bond acceptors (Lipinski definition) is 6. The van der Waals surface area contributed by atoms with E-state index < -0.39 is 0 Å². The zero-order valence-corrected chi connectivity index (χ0v) is 17.7. The highest BCUT2D eigenvalue weighted by Gasteiger charge is 2.24. The predicted octanol–water partition coefficient (Wildman–Crippen LogP) is 3.77. The van der Waals surface area contributed by atoms with Crippen molar-refractivity contribution in [2.24, 2.45) is 5.92 Å².